The number of carbonyl (C=O) groups is 1. The number of methoxy groups -OCH3 is 1. The zero-order chi connectivity index (χ0) is 27.5. The van der Waals surface area contributed by atoms with Crippen LogP contribution in [-0.2, 0) is 18.2 Å². The third-order valence-electron chi connectivity index (χ3n) is 6.71. The second-order valence-electron chi connectivity index (χ2n) is 10.4. The predicted molar refractivity (Wildman–Crippen MR) is 142 cm³/mol. The third-order valence-corrected chi connectivity index (χ3v) is 6.71. The summed E-state index contributed by atoms with van der Waals surface area (Å²) in [5.74, 6) is 1.28. The summed E-state index contributed by atoms with van der Waals surface area (Å²) in [6, 6.07) is 18.5. The molecular weight excluding hydrogens is 493 g/mol. The molecule has 8 heteroatoms. The van der Waals surface area contributed by atoms with Crippen molar-refractivity contribution in [1.82, 2.24) is 4.90 Å². The fraction of sp³-hybridized carbons (Fsp3) is 0.367. The average Bonchev–Trinajstić information content (AvgIpc) is 2.90. The van der Waals surface area contributed by atoms with E-state index < -0.39 is 11.7 Å². The van der Waals surface area contributed by atoms with E-state index in [1.54, 1.807) is 36.3 Å². The van der Waals surface area contributed by atoms with Crippen LogP contribution in [0.1, 0.15) is 47.8 Å². The second-order valence-corrected chi connectivity index (χ2v) is 10.4. The molecule has 1 amide bonds. The number of para-hydroxylation sites is 1. The normalized spacial score (nSPS) is 14.4. The zero-order valence-corrected chi connectivity index (χ0v) is 22.1. The molecule has 38 heavy (non-hydrogen) atoms. The number of benzene rings is 3. The number of hydrogen-bond donors (Lipinski definition) is 0. The summed E-state index contributed by atoms with van der Waals surface area (Å²) in [7, 11) is 1.58. The van der Waals surface area contributed by atoms with Gasteiger partial charge in [-0.2, -0.15) is 13.2 Å². The van der Waals surface area contributed by atoms with E-state index in [4.69, 9.17) is 9.47 Å². The Morgan fingerprint density at radius 1 is 0.868 bits per heavy atom. The maximum Gasteiger partial charge on any atom is 0.416 e. The van der Waals surface area contributed by atoms with Crippen molar-refractivity contribution in [2.45, 2.75) is 39.0 Å². The molecule has 4 rings (SSSR count). The fourth-order valence-electron chi connectivity index (χ4n) is 4.62. The van der Waals surface area contributed by atoms with Crippen LogP contribution in [0.4, 0.5) is 18.9 Å². The molecule has 202 valence electrons. The summed E-state index contributed by atoms with van der Waals surface area (Å²) in [4.78, 5) is 16.9. The lowest BCUT2D eigenvalue weighted by Crippen LogP contribution is -2.48. The first-order chi connectivity index (χ1) is 18.0. The molecule has 0 bridgehead atoms. The van der Waals surface area contributed by atoms with Crippen LogP contribution in [0.2, 0.25) is 0 Å². The molecule has 0 radical (unpaired) electrons. The molecule has 3 aromatic carbocycles. The van der Waals surface area contributed by atoms with Crippen molar-refractivity contribution in [3.8, 4) is 11.5 Å². The van der Waals surface area contributed by atoms with Crippen LogP contribution in [-0.4, -0.2) is 44.1 Å². The Kier molecular flexibility index (Phi) is 7.90. The minimum Gasteiger partial charge on any atom is -0.496 e. The van der Waals surface area contributed by atoms with Gasteiger partial charge in [-0.1, -0.05) is 45.0 Å². The number of anilines is 1. The molecule has 5 nitrogen and oxygen atoms in total. The zero-order valence-electron chi connectivity index (χ0n) is 22.1. The van der Waals surface area contributed by atoms with E-state index in [1.165, 1.54) is 6.07 Å². The van der Waals surface area contributed by atoms with Crippen molar-refractivity contribution in [1.29, 1.82) is 0 Å². The Morgan fingerprint density at radius 2 is 1.58 bits per heavy atom. The molecule has 0 unspecified atom stereocenters. The molecule has 0 aromatic heterocycles. The number of piperazine rings is 1. The smallest absolute Gasteiger partial charge is 0.416 e. The van der Waals surface area contributed by atoms with Gasteiger partial charge in [-0.15, -0.1) is 0 Å². The molecule has 0 saturated carbocycles. The molecule has 1 aliphatic heterocycles. The van der Waals surface area contributed by atoms with E-state index in [0.29, 0.717) is 43.2 Å². The van der Waals surface area contributed by atoms with Gasteiger partial charge in [0.2, 0.25) is 0 Å². The van der Waals surface area contributed by atoms with Crippen molar-refractivity contribution in [3.05, 3.63) is 89.0 Å². The van der Waals surface area contributed by atoms with Crippen LogP contribution in [0, 0.1) is 0 Å². The number of amides is 1. The maximum atomic E-state index is 13.3. The van der Waals surface area contributed by atoms with Crippen LogP contribution in [0.3, 0.4) is 0 Å². The number of hydrogen-bond acceptors (Lipinski definition) is 4. The maximum absolute atomic E-state index is 13.3. The highest BCUT2D eigenvalue weighted by Gasteiger charge is 2.31. The molecular formula is C30H33F3N2O3. The van der Waals surface area contributed by atoms with Gasteiger partial charge in [0.1, 0.15) is 18.1 Å². The molecule has 0 atom stereocenters. The summed E-state index contributed by atoms with van der Waals surface area (Å²) in [6.07, 6.45) is -4.39. The van der Waals surface area contributed by atoms with Gasteiger partial charge in [0.15, 0.2) is 0 Å². The van der Waals surface area contributed by atoms with Gasteiger partial charge in [0, 0.05) is 43.0 Å². The predicted octanol–water partition coefficient (Wildman–Crippen LogP) is 6.55. The quantitative estimate of drug-likeness (QED) is 0.365. The van der Waals surface area contributed by atoms with Gasteiger partial charge in [0.25, 0.3) is 5.91 Å². The summed E-state index contributed by atoms with van der Waals surface area (Å²) < 4.78 is 51.0. The van der Waals surface area contributed by atoms with Crippen LogP contribution >= 0.6 is 0 Å². The highest BCUT2D eigenvalue weighted by Crippen LogP contribution is 2.33. The minimum absolute atomic E-state index is 0.0886. The van der Waals surface area contributed by atoms with Crippen molar-refractivity contribution in [2.75, 3.05) is 38.2 Å². The third kappa shape index (κ3) is 6.23. The first-order valence-electron chi connectivity index (χ1n) is 12.6. The van der Waals surface area contributed by atoms with Crippen LogP contribution in [0.5, 0.6) is 11.5 Å². The van der Waals surface area contributed by atoms with E-state index in [2.05, 4.69) is 20.8 Å². The van der Waals surface area contributed by atoms with Gasteiger partial charge in [-0.3, -0.25) is 4.79 Å². The second kappa shape index (κ2) is 11.0. The number of halogens is 3. The van der Waals surface area contributed by atoms with E-state index in [1.807, 2.05) is 29.2 Å². The molecule has 0 spiro atoms. The van der Waals surface area contributed by atoms with Crippen molar-refractivity contribution < 1.29 is 27.4 Å². The largest absolute Gasteiger partial charge is 0.496 e. The fourth-order valence-corrected chi connectivity index (χ4v) is 4.62. The van der Waals surface area contributed by atoms with Crippen molar-refractivity contribution >= 4 is 11.6 Å². The SMILES string of the molecule is COc1ccc(C(=O)N2CCN(c3cccc(C(F)(F)F)c3)CC2)cc1COc1ccccc1C(C)(C)C. The summed E-state index contributed by atoms with van der Waals surface area (Å²) in [5.41, 5.74) is 2.10. The first kappa shape index (κ1) is 27.4. The lowest BCUT2D eigenvalue weighted by atomic mass is 9.86. The molecule has 1 fully saturated rings. The number of carbonyl (C=O) groups excluding carboxylic acids is 1. The Balaban J connectivity index is 1.45. The van der Waals surface area contributed by atoms with Gasteiger partial charge in [-0.25, -0.2) is 0 Å². The average molecular weight is 527 g/mol. The minimum atomic E-state index is -4.39. The van der Waals surface area contributed by atoms with E-state index in [9.17, 15) is 18.0 Å². The number of ether oxygens (including phenoxy) is 2. The topological polar surface area (TPSA) is 42.0 Å². The van der Waals surface area contributed by atoms with Gasteiger partial charge in [0.05, 0.1) is 12.7 Å². The van der Waals surface area contributed by atoms with Crippen LogP contribution in [0.25, 0.3) is 0 Å². The van der Waals surface area contributed by atoms with E-state index >= 15 is 0 Å². The van der Waals surface area contributed by atoms with Crippen LogP contribution < -0.4 is 14.4 Å². The highest BCUT2D eigenvalue weighted by molar-refractivity contribution is 5.94. The number of rotatable bonds is 6. The Bertz CT molecular complexity index is 1280. The highest BCUT2D eigenvalue weighted by atomic mass is 19.4. The standard InChI is InChI=1S/C30H33F3N2O3/c1-29(2,3)25-10-5-6-11-27(25)38-20-22-18-21(12-13-26(22)37-4)28(36)35-16-14-34(15-17-35)24-9-7-8-23(19-24)30(31,32)33/h5-13,18-19H,14-17,20H2,1-4H3. The molecule has 1 saturated heterocycles. The summed E-state index contributed by atoms with van der Waals surface area (Å²) in [6.45, 7) is 8.33. The Hall–Kier alpha value is -3.68. The molecule has 1 aliphatic rings. The summed E-state index contributed by atoms with van der Waals surface area (Å²) >= 11 is 0. The number of alkyl halides is 3. The number of nitrogens with zero attached hydrogens (tertiary/aromatic N) is 2. The molecule has 3 aromatic rings. The first-order valence-corrected chi connectivity index (χ1v) is 12.6. The lowest BCUT2D eigenvalue weighted by molar-refractivity contribution is -0.137. The van der Waals surface area contributed by atoms with Gasteiger partial charge in [-0.05, 0) is 53.4 Å². The monoisotopic (exact) mass is 526 g/mol. The molecule has 1 heterocycles. The summed E-state index contributed by atoms with van der Waals surface area (Å²) in [5, 5.41) is 0. The van der Waals surface area contributed by atoms with Crippen molar-refractivity contribution in [3.63, 3.8) is 0 Å². The van der Waals surface area contributed by atoms with E-state index in [-0.39, 0.29) is 17.9 Å². The van der Waals surface area contributed by atoms with E-state index in [0.717, 1.165) is 29.0 Å². The lowest BCUT2D eigenvalue weighted by Gasteiger charge is -2.36. The van der Waals surface area contributed by atoms with Crippen LogP contribution in [0.15, 0.2) is 66.7 Å². The van der Waals surface area contributed by atoms with Gasteiger partial charge >= 0.3 is 6.18 Å². The van der Waals surface area contributed by atoms with Gasteiger partial charge < -0.3 is 19.3 Å². The van der Waals surface area contributed by atoms with Crippen molar-refractivity contribution in [2.24, 2.45) is 0 Å². The Morgan fingerprint density at radius 3 is 2.24 bits per heavy atom. The Labute approximate surface area is 221 Å². The molecule has 0 N–H and O–H groups in total. The molecule has 0 aliphatic carbocycles.